The first-order chi connectivity index (χ1) is 14.2. The highest BCUT2D eigenvalue weighted by Crippen LogP contribution is 2.33. The molecule has 0 aliphatic carbocycles. The SMILES string of the molecule is COC[C@H](C)Nc1ncc2c(OC3CCOCC3)ncc([C@H]3CCCNC3)c2n1. The Labute approximate surface area is 171 Å². The minimum atomic E-state index is 0.122. The van der Waals surface area contributed by atoms with Gasteiger partial charge in [0, 0.05) is 56.4 Å². The maximum Gasteiger partial charge on any atom is 0.224 e. The van der Waals surface area contributed by atoms with E-state index >= 15 is 0 Å². The lowest BCUT2D eigenvalue weighted by molar-refractivity contribution is 0.0244. The predicted octanol–water partition coefficient (Wildman–Crippen LogP) is 2.50. The maximum atomic E-state index is 6.24. The number of hydrogen-bond donors (Lipinski definition) is 2. The predicted molar refractivity (Wildman–Crippen MR) is 112 cm³/mol. The van der Waals surface area contributed by atoms with E-state index in [0.717, 1.165) is 68.5 Å². The maximum absolute atomic E-state index is 6.24. The van der Waals surface area contributed by atoms with Gasteiger partial charge in [-0.2, -0.15) is 0 Å². The molecule has 2 aliphatic heterocycles. The molecule has 2 aromatic heterocycles. The van der Waals surface area contributed by atoms with Crippen LogP contribution < -0.4 is 15.4 Å². The van der Waals surface area contributed by atoms with Crippen molar-refractivity contribution < 1.29 is 14.2 Å². The van der Waals surface area contributed by atoms with Gasteiger partial charge >= 0.3 is 0 Å². The van der Waals surface area contributed by atoms with Crippen LogP contribution in [0.2, 0.25) is 0 Å². The average molecular weight is 402 g/mol. The number of ether oxygens (including phenoxy) is 3. The van der Waals surface area contributed by atoms with E-state index in [1.807, 2.05) is 12.4 Å². The van der Waals surface area contributed by atoms with Crippen molar-refractivity contribution in [1.82, 2.24) is 20.3 Å². The molecule has 29 heavy (non-hydrogen) atoms. The van der Waals surface area contributed by atoms with Crippen LogP contribution >= 0.6 is 0 Å². The van der Waals surface area contributed by atoms with E-state index < -0.39 is 0 Å². The fourth-order valence-corrected chi connectivity index (χ4v) is 4.06. The lowest BCUT2D eigenvalue weighted by Crippen LogP contribution is -2.29. The van der Waals surface area contributed by atoms with E-state index in [1.165, 1.54) is 0 Å². The molecule has 2 saturated heterocycles. The summed E-state index contributed by atoms with van der Waals surface area (Å²) in [5, 5.41) is 7.70. The molecule has 0 bridgehead atoms. The number of pyridine rings is 1. The summed E-state index contributed by atoms with van der Waals surface area (Å²) in [7, 11) is 1.69. The lowest BCUT2D eigenvalue weighted by atomic mass is 9.91. The van der Waals surface area contributed by atoms with Crippen molar-refractivity contribution >= 4 is 16.9 Å². The third-order valence-corrected chi connectivity index (χ3v) is 5.59. The van der Waals surface area contributed by atoms with Gasteiger partial charge in [0.25, 0.3) is 0 Å². The van der Waals surface area contributed by atoms with Gasteiger partial charge in [0.1, 0.15) is 6.10 Å². The summed E-state index contributed by atoms with van der Waals surface area (Å²) in [5.74, 6) is 1.63. The molecule has 0 radical (unpaired) electrons. The Morgan fingerprint density at radius 3 is 2.86 bits per heavy atom. The molecule has 0 saturated carbocycles. The van der Waals surface area contributed by atoms with Gasteiger partial charge in [0.05, 0.1) is 30.7 Å². The Morgan fingerprint density at radius 1 is 1.24 bits per heavy atom. The van der Waals surface area contributed by atoms with Crippen LogP contribution in [0.5, 0.6) is 5.88 Å². The standard InChI is InChI=1S/C21H31N5O3/c1-14(13-27-2)25-21-24-12-18-19(26-21)17(15-4-3-7-22-10-15)11-23-20(18)29-16-5-8-28-9-6-16/h11-12,14-16,22H,3-10,13H2,1-2H3,(H,24,25,26)/t14-,15-/m0/s1. The van der Waals surface area contributed by atoms with Crippen LogP contribution in [-0.4, -0.2) is 67.1 Å². The van der Waals surface area contributed by atoms with E-state index in [1.54, 1.807) is 7.11 Å². The Balaban J connectivity index is 1.67. The first kappa shape index (κ1) is 20.3. The topological polar surface area (TPSA) is 90.4 Å². The fourth-order valence-electron chi connectivity index (χ4n) is 4.06. The molecule has 4 heterocycles. The molecule has 0 amide bonds. The molecule has 158 valence electrons. The van der Waals surface area contributed by atoms with Crippen molar-refractivity contribution in [2.24, 2.45) is 0 Å². The van der Waals surface area contributed by atoms with Crippen molar-refractivity contribution in [2.75, 3.05) is 45.3 Å². The molecule has 2 fully saturated rings. The second-order valence-corrected chi connectivity index (χ2v) is 7.95. The van der Waals surface area contributed by atoms with Gasteiger partial charge in [-0.25, -0.2) is 15.0 Å². The van der Waals surface area contributed by atoms with E-state index in [2.05, 4.69) is 27.5 Å². The van der Waals surface area contributed by atoms with Gasteiger partial charge in [-0.3, -0.25) is 0 Å². The van der Waals surface area contributed by atoms with Gasteiger partial charge in [0.15, 0.2) is 0 Å². The second kappa shape index (κ2) is 9.65. The van der Waals surface area contributed by atoms with E-state index in [-0.39, 0.29) is 12.1 Å². The minimum Gasteiger partial charge on any atom is -0.474 e. The third kappa shape index (κ3) is 4.94. The number of nitrogens with zero attached hydrogens (tertiary/aromatic N) is 3. The largest absolute Gasteiger partial charge is 0.474 e. The molecule has 2 atom stereocenters. The summed E-state index contributed by atoms with van der Waals surface area (Å²) in [6.45, 7) is 6.13. The molecule has 2 aromatic rings. The zero-order valence-corrected chi connectivity index (χ0v) is 17.3. The Morgan fingerprint density at radius 2 is 2.10 bits per heavy atom. The smallest absolute Gasteiger partial charge is 0.224 e. The molecular weight excluding hydrogens is 370 g/mol. The van der Waals surface area contributed by atoms with Crippen molar-refractivity contribution in [3.8, 4) is 5.88 Å². The monoisotopic (exact) mass is 401 g/mol. The Kier molecular flexibility index (Phi) is 6.74. The van der Waals surface area contributed by atoms with Gasteiger partial charge in [-0.1, -0.05) is 0 Å². The Bertz CT molecular complexity index is 806. The summed E-state index contributed by atoms with van der Waals surface area (Å²) >= 11 is 0. The average Bonchev–Trinajstić information content (AvgIpc) is 2.75. The van der Waals surface area contributed by atoms with Crippen LogP contribution in [0.4, 0.5) is 5.95 Å². The number of methoxy groups -OCH3 is 1. The summed E-state index contributed by atoms with van der Waals surface area (Å²) in [6.07, 6.45) is 7.97. The zero-order valence-electron chi connectivity index (χ0n) is 17.3. The van der Waals surface area contributed by atoms with Crippen molar-refractivity contribution in [3.63, 3.8) is 0 Å². The number of fused-ring (bicyclic) bond motifs is 1. The van der Waals surface area contributed by atoms with Crippen LogP contribution in [-0.2, 0) is 9.47 Å². The van der Waals surface area contributed by atoms with E-state index in [9.17, 15) is 0 Å². The normalized spacial score (nSPS) is 21.8. The number of aromatic nitrogens is 3. The molecule has 0 aromatic carbocycles. The summed E-state index contributed by atoms with van der Waals surface area (Å²) in [6, 6.07) is 0.122. The highest BCUT2D eigenvalue weighted by atomic mass is 16.5. The van der Waals surface area contributed by atoms with E-state index in [4.69, 9.17) is 19.2 Å². The van der Waals surface area contributed by atoms with Gasteiger partial charge in [-0.15, -0.1) is 0 Å². The van der Waals surface area contributed by atoms with Crippen LogP contribution in [0, 0.1) is 0 Å². The fraction of sp³-hybridized carbons (Fsp3) is 0.667. The molecule has 0 spiro atoms. The number of anilines is 1. The first-order valence-electron chi connectivity index (χ1n) is 10.6. The molecule has 2 N–H and O–H groups in total. The van der Waals surface area contributed by atoms with Gasteiger partial charge in [-0.05, 0) is 26.3 Å². The molecule has 0 unspecified atom stereocenters. The van der Waals surface area contributed by atoms with Crippen molar-refractivity contribution in [1.29, 1.82) is 0 Å². The number of piperidine rings is 1. The summed E-state index contributed by atoms with van der Waals surface area (Å²) in [5.41, 5.74) is 2.09. The highest BCUT2D eigenvalue weighted by molar-refractivity contribution is 5.86. The van der Waals surface area contributed by atoms with Gasteiger partial charge in [0.2, 0.25) is 11.8 Å². The summed E-state index contributed by atoms with van der Waals surface area (Å²) < 4.78 is 16.9. The van der Waals surface area contributed by atoms with Crippen molar-refractivity contribution in [3.05, 3.63) is 18.0 Å². The molecule has 2 aliphatic rings. The quantitative estimate of drug-likeness (QED) is 0.731. The Hall–Kier alpha value is -2.03. The minimum absolute atomic E-state index is 0.122. The van der Waals surface area contributed by atoms with Crippen LogP contribution in [0.1, 0.15) is 44.1 Å². The summed E-state index contributed by atoms with van der Waals surface area (Å²) in [4.78, 5) is 14.1. The van der Waals surface area contributed by atoms with Crippen LogP contribution in [0.25, 0.3) is 10.9 Å². The molecule has 4 rings (SSSR count). The number of nitrogens with one attached hydrogen (secondary N) is 2. The van der Waals surface area contributed by atoms with E-state index in [0.29, 0.717) is 24.4 Å². The lowest BCUT2D eigenvalue weighted by Gasteiger charge is -2.26. The highest BCUT2D eigenvalue weighted by Gasteiger charge is 2.23. The van der Waals surface area contributed by atoms with Crippen LogP contribution in [0.15, 0.2) is 12.4 Å². The molecular formula is C21H31N5O3. The second-order valence-electron chi connectivity index (χ2n) is 7.95. The van der Waals surface area contributed by atoms with Crippen molar-refractivity contribution in [2.45, 2.75) is 50.7 Å². The van der Waals surface area contributed by atoms with Crippen LogP contribution in [0.3, 0.4) is 0 Å². The molecule has 8 nitrogen and oxygen atoms in total. The zero-order chi connectivity index (χ0) is 20.1. The first-order valence-corrected chi connectivity index (χ1v) is 10.6. The van der Waals surface area contributed by atoms with Gasteiger partial charge < -0.3 is 24.8 Å². The number of hydrogen-bond acceptors (Lipinski definition) is 8. The number of rotatable bonds is 7. The third-order valence-electron chi connectivity index (χ3n) is 5.59. The molecule has 8 heteroatoms.